The summed E-state index contributed by atoms with van der Waals surface area (Å²) in [7, 11) is 0. The largest absolute Gasteiger partial charge is 0.452 e. The topological polar surface area (TPSA) is 84.5 Å². The van der Waals surface area contributed by atoms with Crippen LogP contribution in [0.2, 0.25) is 0 Å². The molecule has 0 fully saturated rings. The summed E-state index contributed by atoms with van der Waals surface area (Å²) in [5.74, 6) is -1.72. The molecule has 0 aliphatic rings. The quantitative estimate of drug-likeness (QED) is 0.588. The van der Waals surface area contributed by atoms with Crippen LogP contribution in [0.25, 0.3) is 0 Å². The lowest BCUT2D eigenvalue weighted by Gasteiger charge is -2.18. The maximum absolute atomic E-state index is 12.9. The average molecular weight is 447 g/mol. The number of carbonyl (C=O) groups excluding carboxylic acids is 3. The van der Waals surface area contributed by atoms with Crippen molar-refractivity contribution in [2.75, 3.05) is 16.4 Å². The van der Waals surface area contributed by atoms with Gasteiger partial charge in [-0.25, -0.2) is 4.39 Å². The van der Waals surface area contributed by atoms with Crippen LogP contribution >= 0.6 is 11.8 Å². The Morgan fingerprint density at radius 3 is 2.16 bits per heavy atom. The molecule has 31 heavy (non-hydrogen) atoms. The zero-order valence-electron chi connectivity index (χ0n) is 18.2. The first-order valence-corrected chi connectivity index (χ1v) is 10.9. The van der Waals surface area contributed by atoms with Gasteiger partial charge in [0.05, 0.1) is 5.75 Å². The van der Waals surface area contributed by atoms with Crippen LogP contribution < -0.4 is 10.6 Å². The summed E-state index contributed by atoms with van der Waals surface area (Å²) in [6, 6.07) is 9.33. The van der Waals surface area contributed by atoms with Gasteiger partial charge in [0.15, 0.2) is 6.10 Å². The van der Waals surface area contributed by atoms with Gasteiger partial charge in [0.1, 0.15) is 11.1 Å². The van der Waals surface area contributed by atoms with E-state index in [1.54, 1.807) is 6.92 Å². The summed E-state index contributed by atoms with van der Waals surface area (Å²) in [6.07, 6.45) is -0.983. The molecular formula is C23H27FN2O4S. The highest BCUT2D eigenvalue weighted by molar-refractivity contribution is 8.01. The van der Waals surface area contributed by atoms with Gasteiger partial charge in [0.2, 0.25) is 5.91 Å². The Labute approximate surface area is 185 Å². The van der Waals surface area contributed by atoms with Crippen molar-refractivity contribution in [1.29, 1.82) is 0 Å². The first kappa shape index (κ1) is 24.4. The molecule has 2 atom stereocenters. The maximum atomic E-state index is 12.9. The van der Waals surface area contributed by atoms with E-state index < -0.39 is 29.0 Å². The molecule has 0 aromatic heterocycles. The zero-order valence-corrected chi connectivity index (χ0v) is 19.1. The van der Waals surface area contributed by atoms with Crippen LogP contribution in [0.1, 0.15) is 30.5 Å². The van der Waals surface area contributed by atoms with Crippen molar-refractivity contribution in [2.24, 2.45) is 0 Å². The van der Waals surface area contributed by atoms with Crippen LogP contribution in [0.3, 0.4) is 0 Å². The van der Waals surface area contributed by atoms with Gasteiger partial charge in [-0.15, -0.1) is 11.8 Å². The molecule has 0 spiro atoms. The van der Waals surface area contributed by atoms with Gasteiger partial charge in [-0.3, -0.25) is 14.4 Å². The number of esters is 1. The molecule has 2 rings (SSSR count). The summed E-state index contributed by atoms with van der Waals surface area (Å²) in [4.78, 5) is 36.8. The second-order valence-electron chi connectivity index (χ2n) is 7.35. The van der Waals surface area contributed by atoms with E-state index in [1.165, 1.54) is 31.2 Å². The van der Waals surface area contributed by atoms with Crippen LogP contribution in [0.4, 0.5) is 15.8 Å². The fourth-order valence-corrected chi connectivity index (χ4v) is 3.59. The number of hydrogen-bond donors (Lipinski definition) is 2. The predicted molar refractivity (Wildman–Crippen MR) is 122 cm³/mol. The molecule has 166 valence electrons. The third-order valence-electron chi connectivity index (χ3n) is 4.51. The van der Waals surface area contributed by atoms with Crippen molar-refractivity contribution in [3.05, 3.63) is 58.9 Å². The van der Waals surface area contributed by atoms with Crippen LogP contribution in [0, 0.1) is 26.6 Å². The van der Waals surface area contributed by atoms with Gasteiger partial charge < -0.3 is 15.4 Å². The molecule has 2 aromatic carbocycles. The monoisotopic (exact) mass is 446 g/mol. The second kappa shape index (κ2) is 10.9. The maximum Gasteiger partial charge on any atom is 0.319 e. The number of nitrogens with one attached hydrogen (secondary N) is 2. The molecule has 0 radical (unpaired) electrons. The smallest absolute Gasteiger partial charge is 0.319 e. The van der Waals surface area contributed by atoms with Gasteiger partial charge >= 0.3 is 5.97 Å². The van der Waals surface area contributed by atoms with E-state index in [-0.39, 0.29) is 11.7 Å². The van der Waals surface area contributed by atoms with Crippen molar-refractivity contribution >= 4 is 40.9 Å². The first-order valence-electron chi connectivity index (χ1n) is 9.83. The number of aryl methyl sites for hydroxylation is 3. The van der Waals surface area contributed by atoms with E-state index in [2.05, 4.69) is 10.6 Å². The van der Waals surface area contributed by atoms with Crippen molar-refractivity contribution in [2.45, 2.75) is 46.0 Å². The van der Waals surface area contributed by atoms with E-state index in [4.69, 9.17) is 4.74 Å². The zero-order chi connectivity index (χ0) is 23.1. The predicted octanol–water partition coefficient (Wildman–Crippen LogP) is 4.38. The molecule has 2 unspecified atom stereocenters. The first-order chi connectivity index (χ1) is 14.6. The van der Waals surface area contributed by atoms with Crippen molar-refractivity contribution in [3.8, 4) is 0 Å². The molecule has 2 aromatic rings. The van der Waals surface area contributed by atoms with Gasteiger partial charge in [-0.2, -0.15) is 0 Å². The van der Waals surface area contributed by atoms with Gasteiger partial charge in [-0.05, 0) is 70.0 Å². The van der Waals surface area contributed by atoms with E-state index in [1.807, 2.05) is 32.9 Å². The lowest BCUT2D eigenvalue weighted by atomic mass is 10.0. The summed E-state index contributed by atoms with van der Waals surface area (Å²) in [5.41, 5.74) is 4.13. The number of anilines is 2. The Bertz CT molecular complexity index is 940. The minimum atomic E-state index is -0.983. The van der Waals surface area contributed by atoms with E-state index in [0.717, 1.165) is 28.5 Å². The Morgan fingerprint density at radius 1 is 1.00 bits per heavy atom. The molecule has 2 amide bonds. The highest BCUT2D eigenvalue weighted by Crippen LogP contribution is 2.22. The number of thioether (sulfide) groups is 1. The van der Waals surface area contributed by atoms with E-state index >= 15 is 0 Å². The molecule has 0 saturated heterocycles. The number of benzene rings is 2. The molecular weight excluding hydrogens is 419 g/mol. The van der Waals surface area contributed by atoms with Gasteiger partial charge in [0, 0.05) is 11.4 Å². The molecule has 0 aliphatic heterocycles. The number of rotatable bonds is 8. The van der Waals surface area contributed by atoms with Gasteiger partial charge in [0.25, 0.3) is 5.91 Å². The molecule has 0 bridgehead atoms. The van der Waals surface area contributed by atoms with E-state index in [0.29, 0.717) is 11.4 Å². The van der Waals surface area contributed by atoms with Crippen molar-refractivity contribution < 1.29 is 23.5 Å². The highest BCUT2D eigenvalue weighted by atomic mass is 32.2. The molecule has 0 heterocycles. The lowest BCUT2D eigenvalue weighted by molar-refractivity contribution is -0.152. The third-order valence-corrected chi connectivity index (χ3v) is 5.63. The lowest BCUT2D eigenvalue weighted by Crippen LogP contribution is -2.33. The summed E-state index contributed by atoms with van der Waals surface area (Å²) in [6.45, 7) is 8.90. The fraction of sp³-hybridized carbons (Fsp3) is 0.348. The Hall–Kier alpha value is -2.87. The number of carbonyl (C=O) groups is 3. The molecule has 2 N–H and O–H groups in total. The van der Waals surface area contributed by atoms with Crippen LogP contribution in [0.5, 0.6) is 0 Å². The number of ether oxygens (including phenoxy) is 1. The Kier molecular flexibility index (Phi) is 8.62. The molecule has 0 saturated carbocycles. The normalized spacial score (nSPS) is 12.6. The SMILES string of the molecule is Cc1cc(C)c(NC(=O)C(C)OC(=O)C(C)SCC(=O)Nc2ccc(F)cc2)c(C)c1. The van der Waals surface area contributed by atoms with Crippen molar-refractivity contribution in [3.63, 3.8) is 0 Å². The minimum absolute atomic E-state index is 0.00990. The van der Waals surface area contributed by atoms with E-state index in [9.17, 15) is 18.8 Å². The summed E-state index contributed by atoms with van der Waals surface area (Å²) < 4.78 is 18.2. The Morgan fingerprint density at radius 2 is 1.58 bits per heavy atom. The van der Waals surface area contributed by atoms with Crippen LogP contribution in [0.15, 0.2) is 36.4 Å². The van der Waals surface area contributed by atoms with Crippen LogP contribution in [-0.4, -0.2) is 34.9 Å². The molecule has 0 aliphatic carbocycles. The fourth-order valence-electron chi connectivity index (χ4n) is 2.92. The number of hydrogen-bond acceptors (Lipinski definition) is 5. The Balaban J connectivity index is 1.82. The number of halogens is 1. The van der Waals surface area contributed by atoms with Crippen molar-refractivity contribution in [1.82, 2.24) is 0 Å². The number of amides is 2. The molecule has 8 heteroatoms. The minimum Gasteiger partial charge on any atom is -0.452 e. The van der Waals surface area contributed by atoms with Gasteiger partial charge in [-0.1, -0.05) is 17.7 Å². The average Bonchev–Trinajstić information content (AvgIpc) is 2.70. The van der Waals surface area contributed by atoms with Crippen LogP contribution in [-0.2, 0) is 19.1 Å². The molecule has 6 nitrogen and oxygen atoms in total. The highest BCUT2D eigenvalue weighted by Gasteiger charge is 2.23. The second-order valence-corrected chi connectivity index (χ2v) is 8.68. The summed E-state index contributed by atoms with van der Waals surface area (Å²) >= 11 is 1.09. The third kappa shape index (κ3) is 7.40. The summed E-state index contributed by atoms with van der Waals surface area (Å²) in [5, 5.41) is 4.80. The standard InChI is InChI=1S/C23H27FN2O4S/c1-13-10-14(2)21(15(3)11-13)26-22(28)16(4)30-23(29)17(5)31-12-20(27)25-19-8-6-18(24)7-9-19/h6-11,16-17H,12H2,1-5H3,(H,25,27)(H,26,28).